The van der Waals surface area contributed by atoms with Crippen LogP contribution in [0.5, 0.6) is 5.75 Å². The van der Waals surface area contributed by atoms with Gasteiger partial charge in [-0.3, -0.25) is 0 Å². The smallest absolute Gasteiger partial charge is 0.338 e. The highest BCUT2D eigenvalue weighted by atomic mass is 16.5. The molecule has 2 aromatic carbocycles. The van der Waals surface area contributed by atoms with Crippen LogP contribution in [0.2, 0.25) is 0 Å². The van der Waals surface area contributed by atoms with Gasteiger partial charge in [-0.2, -0.15) is 0 Å². The molecular formula is C26H32O4. The number of aryl methyl sites for hydroxylation is 1. The summed E-state index contributed by atoms with van der Waals surface area (Å²) in [5.41, 5.74) is 3.16. The van der Waals surface area contributed by atoms with Crippen molar-refractivity contribution in [3.8, 4) is 5.75 Å². The second-order valence-electron chi connectivity index (χ2n) is 9.09. The molecule has 4 rings (SSSR count). The van der Waals surface area contributed by atoms with Crippen molar-refractivity contribution < 1.29 is 19.4 Å². The van der Waals surface area contributed by atoms with Gasteiger partial charge in [-0.15, -0.1) is 0 Å². The molecule has 1 saturated carbocycles. The highest BCUT2D eigenvalue weighted by Gasteiger charge is 2.49. The summed E-state index contributed by atoms with van der Waals surface area (Å²) in [7, 11) is 1.71. The SMILES string of the molecule is COc1ccc2c(c1)CCC(C1CCC(O)C1(C)CCOC(=O)c1ccccc1)C2. The van der Waals surface area contributed by atoms with E-state index in [0.717, 1.165) is 37.9 Å². The van der Waals surface area contributed by atoms with Gasteiger partial charge in [-0.05, 0) is 91.2 Å². The molecule has 0 amide bonds. The zero-order chi connectivity index (χ0) is 21.1. The van der Waals surface area contributed by atoms with Gasteiger partial charge < -0.3 is 14.6 Å². The van der Waals surface area contributed by atoms with Crippen LogP contribution in [0.3, 0.4) is 0 Å². The van der Waals surface area contributed by atoms with Crippen molar-refractivity contribution in [2.24, 2.45) is 17.3 Å². The van der Waals surface area contributed by atoms with E-state index in [9.17, 15) is 9.90 Å². The Bertz CT molecular complexity index is 878. The Kier molecular flexibility index (Phi) is 6.14. The largest absolute Gasteiger partial charge is 0.497 e. The van der Waals surface area contributed by atoms with Gasteiger partial charge in [-0.25, -0.2) is 4.79 Å². The number of hydrogen-bond acceptors (Lipinski definition) is 4. The molecule has 1 N–H and O–H groups in total. The third-order valence-electron chi connectivity index (χ3n) is 7.49. The normalized spacial score (nSPS) is 28.0. The first-order valence-electron chi connectivity index (χ1n) is 11.1. The molecule has 4 unspecified atom stereocenters. The Morgan fingerprint density at radius 3 is 2.67 bits per heavy atom. The fourth-order valence-electron chi connectivity index (χ4n) is 5.62. The van der Waals surface area contributed by atoms with Crippen LogP contribution in [0.1, 0.15) is 54.1 Å². The second-order valence-corrected chi connectivity index (χ2v) is 9.09. The van der Waals surface area contributed by atoms with Crippen LogP contribution in [0.25, 0.3) is 0 Å². The lowest BCUT2D eigenvalue weighted by Crippen LogP contribution is -2.39. The van der Waals surface area contributed by atoms with E-state index in [1.165, 1.54) is 11.1 Å². The Labute approximate surface area is 179 Å². The van der Waals surface area contributed by atoms with Crippen LogP contribution in [0, 0.1) is 17.3 Å². The van der Waals surface area contributed by atoms with E-state index >= 15 is 0 Å². The Morgan fingerprint density at radius 1 is 1.10 bits per heavy atom. The van der Waals surface area contributed by atoms with E-state index in [2.05, 4.69) is 19.1 Å². The van der Waals surface area contributed by atoms with E-state index in [-0.39, 0.29) is 17.5 Å². The number of aliphatic hydroxyl groups is 1. The van der Waals surface area contributed by atoms with Crippen LogP contribution < -0.4 is 4.74 Å². The van der Waals surface area contributed by atoms with Crippen molar-refractivity contribution in [3.05, 3.63) is 65.2 Å². The van der Waals surface area contributed by atoms with E-state index in [1.807, 2.05) is 24.3 Å². The lowest BCUT2D eigenvalue weighted by molar-refractivity contribution is -0.00820. The first kappa shape index (κ1) is 20.9. The molecule has 4 atom stereocenters. The summed E-state index contributed by atoms with van der Waals surface area (Å²) in [5.74, 6) is 1.63. The molecule has 30 heavy (non-hydrogen) atoms. The van der Waals surface area contributed by atoms with Gasteiger partial charge >= 0.3 is 5.97 Å². The van der Waals surface area contributed by atoms with Gasteiger partial charge in [0, 0.05) is 0 Å². The van der Waals surface area contributed by atoms with Crippen molar-refractivity contribution in [1.29, 1.82) is 0 Å². The third kappa shape index (κ3) is 4.11. The van der Waals surface area contributed by atoms with Gasteiger partial charge in [0.25, 0.3) is 0 Å². The molecule has 2 aliphatic rings. The molecule has 2 aliphatic carbocycles. The molecule has 0 aliphatic heterocycles. The lowest BCUT2D eigenvalue weighted by atomic mass is 9.65. The topological polar surface area (TPSA) is 55.8 Å². The summed E-state index contributed by atoms with van der Waals surface area (Å²) in [5, 5.41) is 10.8. The minimum atomic E-state index is -0.338. The molecule has 0 spiro atoms. The number of carbonyl (C=O) groups is 1. The minimum Gasteiger partial charge on any atom is -0.497 e. The number of benzene rings is 2. The van der Waals surface area contributed by atoms with Gasteiger partial charge in [0.2, 0.25) is 0 Å². The van der Waals surface area contributed by atoms with Crippen LogP contribution in [-0.4, -0.2) is 30.9 Å². The summed E-state index contributed by atoms with van der Waals surface area (Å²) in [4.78, 5) is 12.3. The fraction of sp³-hybridized carbons (Fsp3) is 0.500. The molecule has 2 aromatic rings. The summed E-state index contributed by atoms with van der Waals surface area (Å²) < 4.78 is 10.9. The highest BCUT2D eigenvalue weighted by molar-refractivity contribution is 5.89. The summed E-state index contributed by atoms with van der Waals surface area (Å²) in [6.45, 7) is 2.54. The monoisotopic (exact) mass is 408 g/mol. The Balaban J connectivity index is 1.41. The van der Waals surface area contributed by atoms with Crippen molar-refractivity contribution in [2.75, 3.05) is 13.7 Å². The number of fused-ring (bicyclic) bond motifs is 1. The predicted molar refractivity (Wildman–Crippen MR) is 117 cm³/mol. The number of hydrogen-bond donors (Lipinski definition) is 1. The van der Waals surface area contributed by atoms with Crippen molar-refractivity contribution in [1.82, 2.24) is 0 Å². The van der Waals surface area contributed by atoms with Crippen LogP contribution in [0.15, 0.2) is 48.5 Å². The zero-order valence-corrected chi connectivity index (χ0v) is 18.0. The molecule has 0 radical (unpaired) electrons. The number of esters is 1. The van der Waals surface area contributed by atoms with Gasteiger partial charge in [0.1, 0.15) is 5.75 Å². The maximum absolute atomic E-state index is 12.3. The molecule has 160 valence electrons. The van der Waals surface area contributed by atoms with Gasteiger partial charge in [-0.1, -0.05) is 31.2 Å². The number of ether oxygens (including phenoxy) is 2. The Hall–Kier alpha value is -2.33. The molecule has 0 aromatic heterocycles. The van der Waals surface area contributed by atoms with Crippen LogP contribution in [0.4, 0.5) is 0 Å². The van der Waals surface area contributed by atoms with Crippen LogP contribution in [-0.2, 0) is 17.6 Å². The molecule has 0 heterocycles. The quantitative estimate of drug-likeness (QED) is 0.696. The van der Waals surface area contributed by atoms with Gasteiger partial charge in [0.15, 0.2) is 0 Å². The van der Waals surface area contributed by atoms with E-state index < -0.39 is 0 Å². The third-order valence-corrected chi connectivity index (χ3v) is 7.49. The minimum absolute atomic E-state index is 0.217. The van der Waals surface area contributed by atoms with E-state index in [1.54, 1.807) is 19.2 Å². The van der Waals surface area contributed by atoms with E-state index in [4.69, 9.17) is 9.47 Å². The average molecular weight is 409 g/mol. The van der Waals surface area contributed by atoms with Crippen molar-refractivity contribution in [3.63, 3.8) is 0 Å². The Morgan fingerprint density at radius 2 is 1.90 bits per heavy atom. The molecule has 1 fully saturated rings. The lowest BCUT2D eigenvalue weighted by Gasteiger charge is -2.41. The molecule has 0 bridgehead atoms. The maximum atomic E-state index is 12.3. The number of carbonyl (C=O) groups excluding carboxylic acids is 1. The molecular weight excluding hydrogens is 376 g/mol. The zero-order valence-electron chi connectivity index (χ0n) is 18.0. The summed E-state index contributed by atoms with van der Waals surface area (Å²) >= 11 is 0. The standard InChI is InChI=1S/C26H32O4/c1-26(14-15-30-25(28)18-6-4-3-5-7-18)23(12-13-24(26)27)21-9-8-20-17-22(29-2)11-10-19(20)16-21/h3-7,10-11,17,21,23-24,27H,8-9,12-16H2,1-2H3. The first-order chi connectivity index (χ1) is 14.5. The average Bonchev–Trinajstić information content (AvgIpc) is 3.07. The number of aliphatic hydroxyl groups excluding tert-OH is 1. The fourth-order valence-corrected chi connectivity index (χ4v) is 5.62. The number of methoxy groups -OCH3 is 1. The number of rotatable bonds is 6. The first-order valence-corrected chi connectivity index (χ1v) is 11.1. The molecule has 0 saturated heterocycles. The maximum Gasteiger partial charge on any atom is 0.338 e. The van der Waals surface area contributed by atoms with Gasteiger partial charge in [0.05, 0.1) is 25.4 Å². The van der Waals surface area contributed by atoms with Crippen molar-refractivity contribution >= 4 is 5.97 Å². The summed E-state index contributed by atoms with van der Waals surface area (Å²) in [6.07, 6.45) is 5.48. The van der Waals surface area contributed by atoms with Crippen LogP contribution >= 0.6 is 0 Å². The summed E-state index contributed by atoms with van der Waals surface area (Å²) in [6, 6.07) is 15.5. The van der Waals surface area contributed by atoms with Crippen molar-refractivity contribution in [2.45, 2.75) is 51.6 Å². The van der Waals surface area contributed by atoms with E-state index in [0.29, 0.717) is 30.4 Å². The predicted octanol–water partition coefficient (Wildman–Crippen LogP) is 4.82. The second kappa shape index (κ2) is 8.81. The molecule has 4 nitrogen and oxygen atoms in total. The molecule has 4 heteroatoms. The highest BCUT2D eigenvalue weighted by Crippen LogP contribution is 2.52.